The summed E-state index contributed by atoms with van der Waals surface area (Å²) in [6, 6.07) is 154. The molecule has 0 aliphatic heterocycles. The standard InChI is InChI=1S/2C59H36N4/c1-60-47-30-32-54-51(37-47)50-31-29-43(36-55(50)59(54)52-23-13-11-21-48(52)49-22-12-14-24-53(49)59)40-25-27-42(28-26-40)57-61-56(41-19-9-4-10-20-41)62-58(63-57)46-34-44(38-15-5-2-6-16-38)33-45(35-46)39-17-7-3-8-18-39;1-60-47-33-35-54-51(37-47)50-34-32-46(36-55(50)59(54)52-18-10-8-16-48(52)49-17-9-11-19-53(49)59)42-24-30-45(31-25-42)58-62-56(43-26-20-40(21-27-43)38-12-4-2-5-13-38)61-57(63-58)44-28-22-41(23-29-44)39-14-6-3-7-15-39/h2*2-37H. The summed E-state index contributed by atoms with van der Waals surface area (Å²) in [7, 11) is 0. The summed E-state index contributed by atoms with van der Waals surface area (Å²) in [6.45, 7) is 15.7. The summed E-state index contributed by atoms with van der Waals surface area (Å²) >= 11 is 0. The van der Waals surface area contributed by atoms with E-state index in [4.69, 9.17) is 43.0 Å². The summed E-state index contributed by atoms with van der Waals surface area (Å²) in [6.07, 6.45) is 0. The molecule has 8 heteroatoms. The van der Waals surface area contributed by atoms with Gasteiger partial charge in [0.1, 0.15) is 0 Å². The Morgan fingerprint density at radius 1 is 0.143 bits per heavy atom. The maximum absolute atomic E-state index is 7.86. The number of hydrogen-bond acceptors (Lipinski definition) is 6. The third-order valence-corrected chi connectivity index (χ3v) is 25.6. The van der Waals surface area contributed by atoms with Crippen molar-refractivity contribution in [3.8, 4) is 180 Å². The molecule has 2 aromatic heterocycles. The SMILES string of the molecule is [C-]#[N+]c1ccc2c(c1)-c1ccc(-c3ccc(-c4nc(-c5ccc(-c6ccccc6)cc5)nc(-c5ccc(-c6ccccc6)cc5)n4)cc3)cc1C21c2ccccc2-c2ccccc21.[C-]#[N+]c1ccc2c(c1)-c1ccc(-c3ccc(-c4nc(-c5ccccc5)nc(-c5cc(-c6ccccc6)cc(-c6ccccc6)c5)n4)cc3)cc1C21c2ccccc2-c2ccccc21. The number of aromatic nitrogens is 6. The molecule has 0 unspecified atom stereocenters. The van der Waals surface area contributed by atoms with E-state index in [2.05, 4.69) is 380 Å². The van der Waals surface area contributed by atoms with Crippen LogP contribution < -0.4 is 0 Å². The Hall–Kier alpha value is -17.0. The first-order chi connectivity index (χ1) is 62.3. The van der Waals surface area contributed by atoms with Crippen molar-refractivity contribution in [2.75, 3.05) is 0 Å². The largest absolute Gasteiger partial charge is 0.238 e. The van der Waals surface area contributed by atoms with Crippen molar-refractivity contribution in [1.82, 2.24) is 29.9 Å². The Bertz CT molecular complexity index is 7540. The number of nitrogens with zero attached hydrogens (tertiary/aromatic N) is 8. The number of benzene rings is 18. The van der Waals surface area contributed by atoms with Crippen LogP contribution in [0.4, 0.5) is 11.4 Å². The first kappa shape index (κ1) is 74.0. The highest BCUT2D eigenvalue weighted by atomic mass is 15.0. The predicted octanol–water partition coefficient (Wildman–Crippen LogP) is 29.5. The van der Waals surface area contributed by atoms with E-state index in [1.807, 2.05) is 66.7 Å². The van der Waals surface area contributed by atoms with E-state index >= 15 is 0 Å². The fourth-order valence-corrected chi connectivity index (χ4v) is 19.7. The minimum absolute atomic E-state index is 0.495. The highest BCUT2D eigenvalue weighted by molar-refractivity contribution is 5.99. The van der Waals surface area contributed by atoms with Crippen LogP contribution in [0.25, 0.3) is 189 Å². The molecule has 20 aromatic rings. The van der Waals surface area contributed by atoms with Gasteiger partial charge in [0.25, 0.3) is 0 Å². The van der Waals surface area contributed by atoms with E-state index in [0.29, 0.717) is 46.3 Å². The summed E-state index contributed by atoms with van der Waals surface area (Å²) in [5.41, 5.74) is 38.9. The summed E-state index contributed by atoms with van der Waals surface area (Å²) in [5, 5.41) is 0. The monoisotopic (exact) mass is 1600 g/mol. The quantitative estimate of drug-likeness (QED) is 0.113. The highest BCUT2D eigenvalue weighted by Crippen LogP contribution is 2.66. The van der Waals surface area contributed by atoms with Crippen LogP contribution in [0.3, 0.4) is 0 Å². The molecule has 24 rings (SSSR count). The van der Waals surface area contributed by atoms with Crippen LogP contribution in [0.2, 0.25) is 0 Å². The zero-order valence-corrected chi connectivity index (χ0v) is 68.1. The molecule has 0 bridgehead atoms. The topological polar surface area (TPSA) is 86.1 Å². The van der Waals surface area contributed by atoms with E-state index in [1.54, 1.807) is 0 Å². The second-order valence-corrected chi connectivity index (χ2v) is 32.4. The van der Waals surface area contributed by atoms with Gasteiger partial charge >= 0.3 is 0 Å². The van der Waals surface area contributed by atoms with Gasteiger partial charge in [-0.2, -0.15) is 0 Å². The second kappa shape index (κ2) is 30.6. The lowest BCUT2D eigenvalue weighted by molar-refractivity contribution is 0.794. The zero-order valence-electron chi connectivity index (χ0n) is 68.1. The average Bonchev–Trinajstić information content (AvgIpc) is 1.51. The predicted molar refractivity (Wildman–Crippen MR) is 510 cm³/mol. The summed E-state index contributed by atoms with van der Waals surface area (Å²) in [5.74, 6) is 3.68. The van der Waals surface area contributed by atoms with Crippen molar-refractivity contribution in [2.45, 2.75) is 10.8 Å². The van der Waals surface area contributed by atoms with Crippen molar-refractivity contribution < 1.29 is 0 Å². The fourth-order valence-electron chi connectivity index (χ4n) is 19.7. The molecule has 4 aliphatic carbocycles. The van der Waals surface area contributed by atoms with Crippen LogP contribution in [-0.4, -0.2) is 29.9 Å². The molecule has 0 saturated carbocycles. The van der Waals surface area contributed by atoms with Gasteiger partial charge in [-0.05, 0) is 198 Å². The molecular formula is C118H72N8. The lowest BCUT2D eigenvalue weighted by Crippen LogP contribution is -2.25. The average molecular weight is 1600 g/mol. The molecule has 0 radical (unpaired) electrons. The minimum atomic E-state index is -0.498. The van der Waals surface area contributed by atoms with Gasteiger partial charge in [0.15, 0.2) is 46.3 Å². The lowest BCUT2D eigenvalue weighted by atomic mass is 9.70. The summed E-state index contributed by atoms with van der Waals surface area (Å²) < 4.78 is 0. The smallest absolute Gasteiger partial charge is 0.187 e. The van der Waals surface area contributed by atoms with Gasteiger partial charge in [0, 0.05) is 33.4 Å². The normalized spacial score (nSPS) is 12.6. The van der Waals surface area contributed by atoms with Gasteiger partial charge in [-0.15, -0.1) is 0 Å². The van der Waals surface area contributed by atoms with Crippen LogP contribution in [0, 0.1) is 13.1 Å². The molecular weight excluding hydrogens is 1530 g/mol. The maximum atomic E-state index is 7.86. The van der Waals surface area contributed by atoms with Crippen LogP contribution in [0.5, 0.6) is 0 Å². The van der Waals surface area contributed by atoms with E-state index in [0.717, 1.165) is 111 Å². The maximum Gasteiger partial charge on any atom is 0.187 e. The number of hydrogen-bond donors (Lipinski definition) is 0. The highest BCUT2D eigenvalue weighted by Gasteiger charge is 2.53. The zero-order chi connectivity index (χ0) is 83.8. The lowest BCUT2D eigenvalue weighted by Gasteiger charge is -2.30. The van der Waals surface area contributed by atoms with Gasteiger partial charge in [0.2, 0.25) is 0 Å². The van der Waals surface area contributed by atoms with Gasteiger partial charge in [0.05, 0.1) is 24.0 Å². The molecule has 584 valence electrons. The Morgan fingerprint density at radius 2 is 0.349 bits per heavy atom. The summed E-state index contributed by atoms with van der Waals surface area (Å²) in [4.78, 5) is 38.4. The van der Waals surface area contributed by atoms with Crippen LogP contribution in [0.15, 0.2) is 437 Å². The molecule has 0 fully saturated rings. The molecule has 126 heavy (non-hydrogen) atoms. The second-order valence-electron chi connectivity index (χ2n) is 32.4. The molecule has 4 aliphatic rings. The van der Waals surface area contributed by atoms with Crippen LogP contribution in [-0.2, 0) is 10.8 Å². The molecule has 8 nitrogen and oxygen atoms in total. The van der Waals surface area contributed by atoms with Crippen molar-refractivity contribution in [1.29, 1.82) is 0 Å². The Kier molecular flexibility index (Phi) is 18.0. The third kappa shape index (κ3) is 12.4. The molecule has 2 spiro atoms. The van der Waals surface area contributed by atoms with Crippen molar-refractivity contribution >= 4 is 11.4 Å². The molecule has 0 atom stereocenters. The van der Waals surface area contributed by atoms with Crippen molar-refractivity contribution in [3.63, 3.8) is 0 Å². The van der Waals surface area contributed by atoms with Crippen molar-refractivity contribution in [3.05, 3.63) is 504 Å². The van der Waals surface area contributed by atoms with E-state index < -0.39 is 10.8 Å². The fraction of sp³-hybridized carbons (Fsp3) is 0.0169. The van der Waals surface area contributed by atoms with E-state index in [9.17, 15) is 0 Å². The minimum Gasteiger partial charge on any atom is -0.238 e. The van der Waals surface area contributed by atoms with E-state index in [-0.39, 0.29) is 0 Å². The van der Waals surface area contributed by atoms with Gasteiger partial charge < -0.3 is 0 Å². The van der Waals surface area contributed by atoms with E-state index in [1.165, 1.54) is 77.9 Å². The molecule has 0 N–H and O–H groups in total. The third-order valence-electron chi connectivity index (χ3n) is 25.6. The molecule has 18 aromatic carbocycles. The van der Waals surface area contributed by atoms with Gasteiger partial charge in [-0.1, -0.05) is 394 Å². The first-order valence-corrected chi connectivity index (χ1v) is 42.4. The number of rotatable bonds is 12. The Morgan fingerprint density at radius 3 is 0.651 bits per heavy atom. The Labute approximate surface area is 730 Å². The first-order valence-electron chi connectivity index (χ1n) is 42.4. The number of fused-ring (bicyclic) bond motifs is 20. The van der Waals surface area contributed by atoms with Gasteiger partial charge in [-0.25, -0.2) is 39.6 Å². The van der Waals surface area contributed by atoms with Crippen LogP contribution >= 0.6 is 0 Å². The molecule has 0 saturated heterocycles. The van der Waals surface area contributed by atoms with Crippen molar-refractivity contribution in [2.24, 2.45) is 0 Å². The van der Waals surface area contributed by atoms with Gasteiger partial charge in [-0.3, -0.25) is 0 Å². The molecule has 0 amide bonds. The molecule has 2 heterocycles. The Balaban J connectivity index is 0.000000145. The van der Waals surface area contributed by atoms with Crippen LogP contribution in [0.1, 0.15) is 44.5 Å².